The summed E-state index contributed by atoms with van der Waals surface area (Å²) in [7, 11) is 0. The van der Waals surface area contributed by atoms with E-state index in [9.17, 15) is 4.79 Å². The highest BCUT2D eigenvalue weighted by Gasteiger charge is 2.24. The van der Waals surface area contributed by atoms with Gasteiger partial charge in [0.1, 0.15) is 11.8 Å². The average molecular weight is 451 g/mol. The molecule has 4 heterocycles. The molecule has 0 aliphatic carbocycles. The third-order valence-electron chi connectivity index (χ3n) is 6.78. The highest BCUT2D eigenvalue weighted by atomic mass is 16.2. The predicted molar refractivity (Wildman–Crippen MR) is 133 cm³/mol. The lowest BCUT2D eigenvalue weighted by Gasteiger charge is -2.30. The first-order valence-electron chi connectivity index (χ1n) is 11.8. The van der Waals surface area contributed by atoms with Crippen molar-refractivity contribution in [2.24, 2.45) is 5.73 Å². The van der Waals surface area contributed by atoms with Crippen molar-refractivity contribution in [1.29, 1.82) is 0 Å². The second-order valence-electron chi connectivity index (χ2n) is 9.02. The van der Waals surface area contributed by atoms with Gasteiger partial charge in [-0.1, -0.05) is 30.3 Å². The number of rotatable bonds is 3. The quantitative estimate of drug-likeness (QED) is 0.509. The number of carbonyl (C=O) groups excluding carboxylic acids is 1. The zero-order chi connectivity index (χ0) is 23.1. The molecule has 2 N–H and O–H groups in total. The molecule has 7 heteroatoms. The van der Waals surface area contributed by atoms with Gasteiger partial charge in [-0.05, 0) is 55.2 Å². The number of para-hydroxylation sites is 1. The van der Waals surface area contributed by atoms with Crippen LogP contribution in [0.2, 0.25) is 0 Å². The number of carbonyl (C=O) groups is 1. The van der Waals surface area contributed by atoms with Crippen molar-refractivity contribution in [1.82, 2.24) is 19.9 Å². The number of nitrogens with two attached hydrogens (primary N) is 1. The van der Waals surface area contributed by atoms with Crippen LogP contribution in [-0.2, 0) is 6.42 Å². The van der Waals surface area contributed by atoms with Crippen LogP contribution in [0.1, 0.15) is 28.8 Å². The van der Waals surface area contributed by atoms with E-state index in [0.717, 1.165) is 60.5 Å². The summed E-state index contributed by atoms with van der Waals surface area (Å²) in [5.74, 6) is 0.863. The molecule has 2 aliphatic heterocycles. The smallest absolute Gasteiger partial charge is 0.253 e. The summed E-state index contributed by atoms with van der Waals surface area (Å²) >= 11 is 0. The summed E-state index contributed by atoms with van der Waals surface area (Å²) in [5.41, 5.74) is 12.6. The van der Waals surface area contributed by atoms with Crippen LogP contribution >= 0.6 is 0 Å². The number of piperidine rings is 1. The van der Waals surface area contributed by atoms with E-state index in [1.54, 1.807) is 6.33 Å². The molecule has 0 spiro atoms. The average Bonchev–Trinajstić information content (AvgIpc) is 3.32. The van der Waals surface area contributed by atoms with Gasteiger partial charge in [0, 0.05) is 42.5 Å². The molecular weight excluding hydrogens is 424 g/mol. The van der Waals surface area contributed by atoms with Crippen molar-refractivity contribution < 1.29 is 4.79 Å². The molecule has 1 saturated heterocycles. The van der Waals surface area contributed by atoms with Crippen molar-refractivity contribution >= 4 is 28.4 Å². The van der Waals surface area contributed by atoms with E-state index >= 15 is 0 Å². The molecule has 170 valence electrons. The van der Waals surface area contributed by atoms with E-state index in [-0.39, 0.29) is 11.9 Å². The SMILES string of the molecule is N[C@H]1CCCN(C(=O)c2ccc(-c3ccc4ncnc(N5CCc6ccccc65)c4n3)cc2)C1. The number of hydrogen-bond acceptors (Lipinski definition) is 6. The predicted octanol–water partition coefficient (Wildman–Crippen LogP) is 3.95. The van der Waals surface area contributed by atoms with Gasteiger partial charge >= 0.3 is 0 Å². The maximum absolute atomic E-state index is 12.9. The lowest BCUT2D eigenvalue weighted by molar-refractivity contribution is 0.0709. The van der Waals surface area contributed by atoms with E-state index in [1.807, 2.05) is 41.3 Å². The van der Waals surface area contributed by atoms with E-state index in [2.05, 4.69) is 39.1 Å². The van der Waals surface area contributed by atoms with E-state index in [0.29, 0.717) is 12.1 Å². The Hall–Kier alpha value is -3.84. The maximum atomic E-state index is 12.9. The Kier molecular flexibility index (Phi) is 5.19. The summed E-state index contributed by atoms with van der Waals surface area (Å²) in [5, 5.41) is 0. The summed E-state index contributed by atoms with van der Waals surface area (Å²) in [6.45, 7) is 2.26. The van der Waals surface area contributed by atoms with Gasteiger partial charge in [0.25, 0.3) is 5.91 Å². The first kappa shape index (κ1) is 20.7. The van der Waals surface area contributed by atoms with Crippen molar-refractivity contribution in [2.75, 3.05) is 24.5 Å². The number of anilines is 2. The summed E-state index contributed by atoms with van der Waals surface area (Å²) in [6, 6.07) is 20.1. The third kappa shape index (κ3) is 3.68. The molecule has 6 rings (SSSR count). The first-order chi connectivity index (χ1) is 16.7. The van der Waals surface area contributed by atoms with Crippen molar-refractivity contribution in [3.63, 3.8) is 0 Å². The number of nitrogens with zero attached hydrogens (tertiary/aromatic N) is 5. The monoisotopic (exact) mass is 450 g/mol. The van der Waals surface area contributed by atoms with Gasteiger partial charge in [-0.3, -0.25) is 4.79 Å². The molecule has 0 radical (unpaired) electrons. The Bertz CT molecular complexity index is 1370. The molecule has 2 aromatic carbocycles. The Morgan fingerprint density at radius 3 is 2.68 bits per heavy atom. The molecule has 34 heavy (non-hydrogen) atoms. The van der Waals surface area contributed by atoms with Crippen molar-refractivity contribution in [2.45, 2.75) is 25.3 Å². The highest BCUT2D eigenvalue weighted by molar-refractivity contribution is 5.95. The fraction of sp³-hybridized carbons (Fsp3) is 0.259. The van der Waals surface area contributed by atoms with E-state index in [1.165, 1.54) is 11.3 Å². The molecular formula is C27H26N6O. The minimum Gasteiger partial charge on any atom is -0.337 e. The summed E-state index contributed by atoms with van der Waals surface area (Å²) in [4.78, 5) is 31.0. The maximum Gasteiger partial charge on any atom is 0.253 e. The second-order valence-corrected chi connectivity index (χ2v) is 9.02. The standard InChI is InChI=1S/C27H26N6O/c28-21-5-3-14-32(16-21)27(34)20-9-7-18(8-10-20)22-11-12-23-25(31-22)26(30-17-29-23)33-15-13-19-4-1-2-6-24(19)33/h1-2,4,6-12,17,21H,3,5,13-16,28H2/t21-/m0/s1. The Labute approximate surface area is 198 Å². The molecule has 1 amide bonds. The van der Waals surface area contributed by atoms with Crippen LogP contribution in [0.15, 0.2) is 67.0 Å². The largest absolute Gasteiger partial charge is 0.337 e. The number of benzene rings is 2. The Morgan fingerprint density at radius 2 is 1.82 bits per heavy atom. The van der Waals surface area contributed by atoms with Crippen molar-refractivity contribution in [3.05, 3.63) is 78.1 Å². The van der Waals surface area contributed by atoms with Crippen LogP contribution in [0.4, 0.5) is 11.5 Å². The lowest BCUT2D eigenvalue weighted by atomic mass is 10.0. The van der Waals surface area contributed by atoms with Crippen LogP contribution < -0.4 is 10.6 Å². The number of pyridine rings is 1. The minimum atomic E-state index is 0.0385. The van der Waals surface area contributed by atoms with Gasteiger partial charge in [0.05, 0.1) is 11.2 Å². The summed E-state index contributed by atoms with van der Waals surface area (Å²) < 4.78 is 0. The van der Waals surface area contributed by atoms with Crippen LogP contribution in [0.25, 0.3) is 22.3 Å². The molecule has 0 saturated carbocycles. The molecule has 2 aliphatic rings. The second kappa shape index (κ2) is 8.50. The summed E-state index contributed by atoms with van der Waals surface area (Å²) in [6.07, 6.45) is 4.52. The van der Waals surface area contributed by atoms with Crippen molar-refractivity contribution in [3.8, 4) is 11.3 Å². The molecule has 0 bridgehead atoms. The van der Waals surface area contributed by atoms with Crippen LogP contribution in [-0.4, -0.2) is 51.4 Å². The first-order valence-corrected chi connectivity index (χ1v) is 11.8. The molecule has 0 unspecified atom stereocenters. The fourth-order valence-electron chi connectivity index (χ4n) is 5.00. The van der Waals surface area contributed by atoms with Gasteiger partial charge < -0.3 is 15.5 Å². The molecule has 7 nitrogen and oxygen atoms in total. The lowest BCUT2D eigenvalue weighted by Crippen LogP contribution is -2.45. The van der Waals surface area contributed by atoms with Gasteiger partial charge in [-0.15, -0.1) is 0 Å². The van der Waals surface area contributed by atoms with Gasteiger partial charge in [-0.25, -0.2) is 15.0 Å². The molecule has 2 aromatic heterocycles. The minimum absolute atomic E-state index is 0.0385. The van der Waals surface area contributed by atoms with Crippen LogP contribution in [0, 0.1) is 0 Å². The van der Waals surface area contributed by atoms with Crippen LogP contribution in [0.3, 0.4) is 0 Å². The Balaban J connectivity index is 1.32. The van der Waals surface area contributed by atoms with Crippen LogP contribution in [0.5, 0.6) is 0 Å². The topological polar surface area (TPSA) is 88.2 Å². The van der Waals surface area contributed by atoms with Gasteiger partial charge in [0.15, 0.2) is 5.82 Å². The number of aromatic nitrogens is 3. The normalized spacial score (nSPS) is 17.7. The number of fused-ring (bicyclic) bond motifs is 2. The number of likely N-dealkylation sites (tertiary alicyclic amines) is 1. The zero-order valence-electron chi connectivity index (χ0n) is 18.9. The highest BCUT2D eigenvalue weighted by Crippen LogP contribution is 2.36. The van der Waals surface area contributed by atoms with Gasteiger partial charge in [0.2, 0.25) is 0 Å². The van der Waals surface area contributed by atoms with E-state index < -0.39 is 0 Å². The molecule has 4 aromatic rings. The van der Waals surface area contributed by atoms with Gasteiger partial charge in [-0.2, -0.15) is 0 Å². The zero-order valence-corrected chi connectivity index (χ0v) is 18.9. The third-order valence-corrected chi connectivity index (χ3v) is 6.78. The van der Waals surface area contributed by atoms with E-state index in [4.69, 9.17) is 10.7 Å². The fourth-order valence-corrected chi connectivity index (χ4v) is 5.00. The molecule has 1 fully saturated rings. The Morgan fingerprint density at radius 1 is 0.971 bits per heavy atom. The number of amides is 1. The molecule has 1 atom stereocenters. The number of hydrogen-bond donors (Lipinski definition) is 1.